The number of carbonyl (C=O) groups excluding carboxylic acids is 2. The first kappa shape index (κ1) is 18.7. The molecule has 7 nitrogen and oxygen atoms in total. The number of hydrogen-bond acceptors (Lipinski definition) is 8. The van der Waals surface area contributed by atoms with Crippen molar-refractivity contribution in [1.29, 1.82) is 0 Å². The number of rotatable bonds is 5. The molecule has 0 aromatic heterocycles. The monoisotopic (exact) mass is 356 g/mol. The summed E-state index contributed by atoms with van der Waals surface area (Å²) in [5, 5.41) is 19.7. The fourth-order valence-electron chi connectivity index (χ4n) is 2.41. The summed E-state index contributed by atoms with van der Waals surface area (Å²) in [5.41, 5.74) is -0.749. The van der Waals surface area contributed by atoms with Crippen molar-refractivity contribution in [1.82, 2.24) is 0 Å². The summed E-state index contributed by atoms with van der Waals surface area (Å²) in [5.74, 6) is -1.22. The molecule has 1 saturated heterocycles. The third-order valence-electron chi connectivity index (χ3n) is 3.40. The van der Waals surface area contributed by atoms with E-state index in [0.717, 1.165) is 4.90 Å². The maximum atomic E-state index is 11.4. The Balaban J connectivity index is 2.28. The molecule has 0 amide bonds. The Bertz CT molecular complexity index is 565. The van der Waals surface area contributed by atoms with Crippen LogP contribution >= 0.6 is 11.8 Å². The molecule has 132 valence electrons. The summed E-state index contributed by atoms with van der Waals surface area (Å²) >= 11 is 1.25. The van der Waals surface area contributed by atoms with Gasteiger partial charge in [-0.25, -0.2) is 0 Å². The first-order valence-corrected chi connectivity index (χ1v) is 8.31. The molecule has 1 fully saturated rings. The van der Waals surface area contributed by atoms with Gasteiger partial charge in [-0.3, -0.25) is 9.59 Å². The van der Waals surface area contributed by atoms with Crippen LogP contribution in [0.15, 0.2) is 35.2 Å². The molecular weight excluding hydrogens is 336 g/mol. The topological polar surface area (TPSA) is 102 Å². The quantitative estimate of drug-likeness (QED) is 0.744. The fraction of sp³-hybridized carbons (Fsp3) is 0.500. The van der Waals surface area contributed by atoms with Crippen molar-refractivity contribution in [2.45, 2.75) is 48.6 Å². The normalized spacial score (nSPS) is 29.8. The van der Waals surface area contributed by atoms with Crippen molar-refractivity contribution in [2.75, 3.05) is 6.61 Å². The summed E-state index contributed by atoms with van der Waals surface area (Å²) in [6, 6.07) is 9.23. The van der Waals surface area contributed by atoms with Crippen molar-refractivity contribution in [3.63, 3.8) is 0 Å². The molecule has 0 spiro atoms. The minimum atomic E-state index is -1.31. The van der Waals surface area contributed by atoms with E-state index in [1.54, 1.807) is 0 Å². The van der Waals surface area contributed by atoms with Crippen LogP contribution in [0.5, 0.6) is 0 Å². The van der Waals surface area contributed by atoms with Crippen LogP contribution < -0.4 is 0 Å². The molecule has 1 aliphatic heterocycles. The molecule has 0 bridgehead atoms. The van der Waals surface area contributed by atoms with Gasteiger partial charge < -0.3 is 24.4 Å². The van der Waals surface area contributed by atoms with Gasteiger partial charge in [-0.2, -0.15) is 0 Å². The molecule has 24 heavy (non-hydrogen) atoms. The van der Waals surface area contributed by atoms with E-state index in [1.165, 1.54) is 25.6 Å². The average Bonchev–Trinajstić information content (AvgIpc) is 2.53. The Morgan fingerprint density at radius 1 is 1.12 bits per heavy atom. The average molecular weight is 356 g/mol. The second-order valence-electron chi connectivity index (χ2n) is 5.30. The van der Waals surface area contributed by atoms with Crippen LogP contribution in [0.25, 0.3) is 0 Å². The van der Waals surface area contributed by atoms with E-state index < -0.39 is 48.4 Å². The number of carbonyl (C=O) groups is 2. The van der Waals surface area contributed by atoms with Gasteiger partial charge in [-0.05, 0) is 12.1 Å². The van der Waals surface area contributed by atoms with Gasteiger partial charge in [-0.1, -0.05) is 30.0 Å². The van der Waals surface area contributed by atoms with Crippen molar-refractivity contribution in [2.24, 2.45) is 0 Å². The summed E-state index contributed by atoms with van der Waals surface area (Å²) in [7, 11) is 0. The minimum Gasteiger partial charge on any atom is -0.456 e. The largest absolute Gasteiger partial charge is 0.456 e. The first-order chi connectivity index (χ1) is 11.4. The van der Waals surface area contributed by atoms with Crippen LogP contribution in [0.2, 0.25) is 0 Å². The molecule has 2 rings (SSSR count). The summed E-state index contributed by atoms with van der Waals surface area (Å²) < 4.78 is 16.1. The number of ether oxygens (including phenoxy) is 3. The van der Waals surface area contributed by atoms with Crippen molar-refractivity contribution >= 4 is 23.7 Å². The molecule has 2 N–H and O–H groups in total. The maximum Gasteiger partial charge on any atom is 0.303 e. The molecule has 1 aromatic rings. The number of thioether (sulfide) groups is 1. The van der Waals surface area contributed by atoms with Crippen molar-refractivity contribution in [3.05, 3.63) is 30.3 Å². The number of hydrogen-bond donors (Lipinski definition) is 2. The summed E-state index contributed by atoms with van der Waals surface area (Å²) in [4.78, 5) is 23.6. The lowest BCUT2D eigenvalue weighted by Gasteiger charge is -2.42. The highest BCUT2D eigenvalue weighted by Crippen LogP contribution is 2.36. The first-order valence-electron chi connectivity index (χ1n) is 7.43. The van der Waals surface area contributed by atoms with Gasteiger partial charge in [-0.15, -0.1) is 0 Å². The van der Waals surface area contributed by atoms with Crippen LogP contribution in [0, 0.1) is 0 Å². The number of esters is 2. The third-order valence-corrected chi connectivity index (χ3v) is 4.55. The molecule has 0 saturated carbocycles. The van der Waals surface area contributed by atoms with E-state index >= 15 is 0 Å². The Hall–Kier alpha value is -1.61. The number of aliphatic hydroxyl groups excluding tert-OH is 2. The van der Waals surface area contributed by atoms with Crippen molar-refractivity contribution in [3.8, 4) is 0 Å². The number of benzene rings is 1. The summed E-state index contributed by atoms with van der Waals surface area (Å²) in [6.07, 6.45) is -4.40. The lowest BCUT2D eigenvalue weighted by atomic mass is 10.00. The van der Waals surface area contributed by atoms with Crippen LogP contribution in [0.4, 0.5) is 0 Å². The van der Waals surface area contributed by atoms with E-state index in [9.17, 15) is 19.8 Å². The number of aliphatic hydroxyl groups is 2. The van der Waals surface area contributed by atoms with Gasteiger partial charge in [0.1, 0.15) is 17.6 Å². The van der Waals surface area contributed by atoms with Gasteiger partial charge in [0.15, 0.2) is 12.2 Å². The third kappa shape index (κ3) is 4.70. The molecule has 8 heteroatoms. The van der Waals surface area contributed by atoms with Crippen LogP contribution in [-0.2, 0) is 23.8 Å². The van der Waals surface area contributed by atoms with Crippen LogP contribution in [-0.4, -0.2) is 58.6 Å². The molecule has 2 unspecified atom stereocenters. The predicted octanol–water partition coefficient (Wildman–Crippen LogP) is 0.720. The van der Waals surface area contributed by atoms with E-state index in [4.69, 9.17) is 14.2 Å². The zero-order chi connectivity index (χ0) is 17.7. The second kappa shape index (κ2) is 8.48. The SMILES string of the molecule is CC(=O)OC1[C@@H](OC(C)=O)[C@@H](O)C(CO)O[C@H]1Sc1ccccc1. The smallest absolute Gasteiger partial charge is 0.303 e. The fourth-order valence-corrected chi connectivity index (χ4v) is 3.54. The zero-order valence-corrected chi connectivity index (χ0v) is 14.1. The molecule has 1 aromatic carbocycles. The van der Waals surface area contributed by atoms with Gasteiger partial charge in [0.25, 0.3) is 0 Å². The van der Waals surface area contributed by atoms with E-state index in [2.05, 4.69) is 0 Å². The van der Waals surface area contributed by atoms with Gasteiger partial charge >= 0.3 is 11.9 Å². The highest BCUT2D eigenvalue weighted by atomic mass is 32.2. The Morgan fingerprint density at radius 3 is 2.25 bits per heavy atom. The Morgan fingerprint density at radius 2 is 1.71 bits per heavy atom. The zero-order valence-electron chi connectivity index (χ0n) is 13.3. The molecule has 1 aliphatic rings. The molecular formula is C16H20O7S. The molecule has 0 aliphatic carbocycles. The highest BCUT2D eigenvalue weighted by molar-refractivity contribution is 7.99. The maximum absolute atomic E-state index is 11.4. The van der Waals surface area contributed by atoms with Gasteiger partial charge in [0.2, 0.25) is 0 Å². The molecule has 1 heterocycles. The van der Waals surface area contributed by atoms with Crippen molar-refractivity contribution < 1.29 is 34.0 Å². The van der Waals surface area contributed by atoms with Gasteiger partial charge in [0.05, 0.1) is 6.61 Å². The Kier molecular flexibility index (Phi) is 6.61. The second-order valence-corrected chi connectivity index (χ2v) is 6.47. The van der Waals surface area contributed by atoms with E-state index in [-0.39, 0.29) is 0 Å². The highest BCUT2D eigenvalue weighted by Gasteiger charge is 2.49. The molecule has 0 radical (unpaired) electrons. The predicted molar refractivity (Wildman–Crippen MR) is 85.2 cm³/mol. The van der Waals surface area contributed by atoms with E-state index in [1.807, 2.05) is 30.3 Å². The van der Waals surface area contributed by atoms with Crippen LogP contribution in [0.3, 0.4) is 0 Å². The van der Waals surface area contributed by atoms with E-state index in [0.29, 0.717) is 0 Å². The summed E-state index contributed by atoms with van der Waals surface area (Å²) in [6.45, 7) is 1.96. The van der Waals surface area contributed by atoms with Crippen LogP contribution in [0.1, 0.15) is 13.8 Å². The minimum absolute atomic E-state index is 0.461. The van der Waals surface area contributed by atoms with Gasteiger partial charge in [0, 0.05) is 18.7 Å². The lowest BCUT2D eigenvalue weighted by molar-refractivity contribution is -0.228. The lowest BCUT2D eigenvalue weighted by Crippen LogP contribution is -2.60. The standard InChI is InChI=1S/C16H20O7S/c1-9(18)21-14-13(20)12(8-17)23-16(15(14)22-10(2)19)24-11-6-4-3-5-7-11/h3-7,12-17,20H,8H2,1-2H3/t12?,13-,14-,15?,16-/m0/s1. The molecule has 5 atom stereocenters. The Labute approximate surface area is 143 Å².